The molecular formula is C18H25N3O3. The van der Waals surface area contributed by atoms with E-state index in [0.29, 0.717) is 24.7 Å². The van der Waals surface area contributed by atoms with Crippen LogP contribution in [0.3, 0.4) is 0 Å². The molecule has 24 heavy (non-hydrogen) atoms. The summed E-state index contributed by atoms with van der Waals surface area (Å²) in [4.78, 5) is 28.0. The molecule has 0 aromatic heterocycles. The van der Waals surface area contributed by atoms with Gasteiger partial charge in [0, 0.05) is 37.8 Å². The molecule has 6 heteroatoms. The van der Waals surface area contributed by atoms with Crippen molar-refractivity contribution in [1.82, 2.24) is 15.1 Å². The van der Waals surface area contributed by atoms with E-state index >= 15 is 0 Å². The van der Waals surface area contributed by atoms with Gasteiger partial charge in [0.15, 0.2) is 0 Å². The fraction of sp³-hybridized carbons (Fsp3) is 0.556. The van der Waals surface area contributed by atoms with Crippen molar-refractivity contribution in [3.63, 3.8) is 0 Å². The smallest absolute Gasteiger partial charge is 0.410 e. The SMILES string of the molecule is CC(C)(C)OC(=O)N1CC(N2CC(NC(=O)c3ccccc3)C2)C1. The van der Waals surface area contributed by atoms with E-state index in [0.717, 1.165) is 13.1 Å². The van der Waals surface area contributed by atoms with E-state index in [9.17, 15) is 9.59 Å². The second-order valence-electron chi connectivity index (χ2n) is 7.53. The van der Waals surface area contributed by atoms with Crippen LogP contribution in [0, 0.1) is 0 Å². The molecule has 0 bridgehead atoms. The summed E-state index contributed by atoms with van der Waals surface area (Å²) in [6, 6.07) is 9.82. The third-order valence-electron chi connectivity index (χ3n) is 4.31. The first kappa shape index (κ1) is 16.8. The Hall–Kier alpha value is -2.08. The number of likely N-dealkylation sites (tertiary alicyclic amines) is 2. The lowest BCUT2D eigenvalue weighted by Gasteiger charge is -2.51. The molecule has 2 saturated heterocycles. The number of rotatable bonds is 3. The summed E-state index contributed by atoms with van der Waals surface area (Å²) < 4.78 is 5.36. The highest BCUT2D eigenvalue weighted by atomic mass is 16.6. The Bertz CT molecular complexity index is 600. The predicted octanol–water partition coefficient (Wildman–Crippen LogP) is 1.72. The van der Waals surface area contributed by atoms with Crippen LogP contribution >= 0.6 is 0 Å². The van der Waals surface area contributed by atoms with Gasteiger partial charge in [-0.05, 0) is 32.9 Å². The van der Waals surface area contributed by atoms with Gasteiger partial charge in [0.25, 0.3) is 5.91 Å². The maximum Gasteiger partial charge on any atom is 0.410 e. The molecule has 0 spiro atoms. The minimum absolute atomic E-state index is 0.0239. The molecular weight excluding hydrogens is 306 g/mol. The summed E-state index contributed by atoms with van der Waals surface area (Å²) in [6.45, 7) is 8.70. The zero-order valence-corrected chi connectivity index (χ0v) is 14.5. The number of nitrogens with one attached hydrogen (secondary N) is 1. The Morgan fingerprint density at radius 3 is 2.29 bits per heavy atom. The lowest BCUT2D eigenvalue weighted by molar-refractivity contribution is -0.0358. The molecule has 6 nitrogen and oxygen atoms in total. The van der Waals surface area contributed by atoms with Gasteiger partial charge in [0.05, 0.1) is 6.04 Å². The highest BCUT2D eigenvalue weighted by Crippen LogP contribution is 2.23. The van der Waals surface area contributed by atoms with Crippen LogP contribution in [0.15, 0.2) is 30.3 Å². The van der Waals surface area contributed by atoms with Crippen molar-refractivity contribution >= 4 is 12.0 Å². The second-order valence-corrected chi connectivity index (χ2v) is 7.53. The minimum atomic E-state index is -0.453. The van der Waals surface area contributed by atoms with Crippen LogP contribution in [0.25, 0.3) is 0 Å². The van der Waals surface area contributed by atoms with Crippen LogP contribution in [0.1, 0.15) is 31.1 Å². The molecule has 2 aliphatic heterocycles. The Balaban J connectivity index is 1.37. The number of amides is 2. The third kappa shape index (κ3) is 3.87. The van der Waals surface area contributed by atoms with Crippen LogP contribution in [0.5, 0.6) is 0 Å². The summed E-state index contributed by atoms with van der Waals surface area (Å²) in [6.07, 6.45) is -0.242. The summed E-state index contributed by atoms with van der Waals surface area (Å²) >= 11 is 0. The van der Waals surface area contributed by atoms with Crippen LogP contribution in [0.4, 0.5) is 4.79 Å². The van der Waals surface area contributed by atoms with Gasteiger partial charge in [0.1, 0.15) is 5.60 Å². The van der Waals surface area contributed by atoms with Gasteiger partial charge in [0.2, 0.25) is 0 Å². The van der Waals surface area contributed by atoms with Crippen molar-refractivity contribution in [3.8, 4) is 0 Å². The standard InChI is InChI=1S/C18H25N3O3/c1-18(2,3)24-17(23)21-11-15(12-21)20-9-14(10-20)19-16(22)13-7-5-4-6-8-13/h4-8,14-15H,9-12H2,1-3H3,(H,19,22). The summed E-state index contributed by atoms with van der Waals surface area (Å²) in [5, 5.41) is 3.04. The molecule has 0 unspecified atom stereocenters. The van der Waals surface area contributed by atoms with Crippen molar-refractivity contribution in [2.75, 3.05) is 26.2 Å². The second kappa shape index (κ2) is 6.43. The predicted molar refractivity (Wildman–Crippen MR) is 90.9 cm³/mol. The zero-order chi connectivity index (χ0) is 17.3. The normalized spacial score (nSPS) is 19.4. The third-order valence-corrected chi connectivity index (χ3v) is 4.31. The summed E-state index contributed by atoms with van der Waals surface area (Å²) in [7, 11) is 0. The molecule has 2 amide bonds. The number of hydrogen-bond acceptors (Lipinski definition) is 4. The molecule has 0 atom stereocenters. The zero-order valence-electron chi connectivity index (χ0n) is 14.5. The monoisotopic (exact) mass is 331 g/mol. The molecule has 2 fully saturated rings. The van der Waals surface area contributed by atoms with E-state index in [2.05, 4.69) is 10.2 Å². The van der Waals surface area contributed by atoms with Crippen LogP contribution in [-0.4, -0.2) is 65.7 Å². The molecule has 0 saturated carbocycles. The van der Waals surface area contributed by atoms with Crippen molar-refractivity contribution in [3.05, 3.63) is 35.9 Å². The number of carbonyl (C=O) groups is 2. The van der Waals surface area contributed by atoms with E-state index in [1.807, 2.05) is 51.1 Å². The van der Waals surface area contributed by atoms with Crippen molar-refractivity contribution in [1.29, 1.82) is 0 Å². The molecule has 0 radical (unpaired) electrons. The van der Waals surface area contributed by atoms with E-state index in [1.54, 1.807) is 4.90 Å². The van der Waals surface area contributed by atoms with Crippen molar-refractivity contribution < 1.29 is 14.3 Å². The first-order valence-corrected chi connectivity index (χ1v) is 8.40. The molecule has 2 heterocycles. The lowest BCUT2D eigenvalue weighted by atomic mass is 10.00. The van der Waals surface area contributed by atoms with Gasteiger partial charge in [-0.25, -0.2) is 4.79 Å². The van der Waals surface area contributed by atoms with E-state index in [-0.39, 0.29) is 18.0 Å². The summed E-state index contributed by atoms with van der Waals surface area (Å²) in [5.74, 6) is -0.0239. The van der Waals surface area contributed by atoms with Gasteiger partial charge in [-0.3, -0.25) is 9.69 Å². The number of benzene rings is 1. The van der Waals surface area contributed by atoms with Gasteiger partial charge in [-0.2, -0.15) is 0 Å². The molecule has 1 aromatic carbocycles. The molecule has 2 aliphatic rings. The number of ether oxygens (including phenoxy) is 1. The minimum Gasteiger partial charge on any atom is -0.444 e. The van der Waals surface area contributed by atoms with E-state index in [4.69, 9.17) is 4.74 Å². The largest absolute Gasteiger partial charge is 0.444 e. The first-order chi connectivity index (χ1) is 11.3. The quantitative estimate of drug-likeness (QED) is 0.916. The first-order valence-electron chi connectivity index (χ1n) is 8.40. The number of nitrogens with zero attached hydrogens (tertiary/aromatic N) is 2. The average Bonchev–Trinajstić information content (AvgIpc) is 2.41. The Morgan fingerprint density at radius 1 is 1.08 bits per heavy atom. The average molecular weight is 331 g/mol. The van der Waals surface area contributed by atoms with Crippen LogP contribution in [-0.2, 0) is 4.74 Å². The van der Waals surface area contributed by atoms with Crippen molar-refractivity contribution in [2.45, 2.75) is 38.5 Å². The van der Waals surface area contributed by atoms with Crippen molar-refractivity contribution in [2.24, 2.45) is 0 Å². The van der Waals surface area contributed by atoms with Gasteiger partial charge in [-0.15, -0.1) is 0 Å². The van der Waals surface area contributed by atoms with Gasteiger partial charge < -0.3 is 15.0 Å². The molecule has 0 aliphatic carbocycles. The molecule has 1 N–H and O–H groups in total. The van der Waals surface area contributed by atoms with E-state index < -0.39 is 5.60 Å². The Kier molecular flexibility index (Phi) is 4.49. The topological polar surface area (TPSA) is 61.9 Å². The van der Waals surface area contributed by atoms with E-state index in [1.165, 1.54) is 0 Å². The molecule has 3 rings (SSSR count). The number of hydrogen-bond donors (Lipinski definition) is 1. The van der Waals surface area contributed by atoms with Crippen LogP contribution < -0.4 is 5.32 Å². The lowest BCUT2D eigenvalue weighted by Crippen LogP contribution is -2.70. The Labute approximate surface area is 142 Å². The maximum atomic E-state index is 12.1. The maximum absolute atomic E-state index is 12.1. The highest BCUT2D eigenvalue weighted by molar-refractivity contribution is 5.94. The highest BCUT2D eigenvalue weighted by Gasteiger charge is 2.42. The molecule has 130 valence electrons. The van der Waals surface area contributed by atoms with Gasteiger partial charge >= 0.3 is 6.09 Å². The van der Waals surface area contributed by atoms with Crippen LogP contribution in [0.2, 0.25) is 0 Å². The molecule has 1 aromatic rings. The Morgan fingerprint density at radius 2 is 1.71 bits per heavy atom. The fourth-order valence-corrected chi connectivity index (χ4v) is 2.92. The number of carbonyl (C=O) groups excluding carboxylic acids is 2. The fourth-order valence-electron chi connectivity index (χ4n) is 2.92. The van der Waals surface area contributed by atoms with Gasteiger partial charge in [-0.1, -0.05) is 18.2 Å². The summed E-state index contributed by atoms with van der Waals surface area (Å²) in [5.41, 5.74) is 0.238.